The van der Waals surface area contributed by atoms with Crippen molar-refractivity contribution in [3.05, 3.63) is 0 Å². The average molecular weight is 240 g/mol. The summed E-state index contributed by atoms with van der Waals surface area (Å²) in [6.45, 7) is 3.99. The molecule has 6 heteroatoms. The van der Waals surface area contributed by atoms with Crippen LogP contribution in [0, 0.1) is 5.92 Å². The van der Waals surface area contributed by atoms with Crippen LogP contribution in [0.3, 0.4) is 0 Å². The van der Waals surface area contributed by atoms with E-state index in [1.807, 2.05) is 24.1 Å². The Balaban J connectivity index is 4.18. The maximum absolute atomic E-state index is 11.9. The van der Waals surface area contributed by atoms with Gasteiger partial charge in [-0.05, 0) is 26.4 Å². The molecule has 96 valence electrons. The first-order valence-corrected chi connectivity index (χ1v) is 5.16. The fourth-order valence-electron chi connectivity index (χ4n) is 1.33. The lowest BCUT2D eigenvalue weighted by molar-refractivity contribution is -0.173. The summed E-state index contributed by atoms with van der Waals surface area (Å²) in [4.78, 5) is 12.4. The van der Waals surface area contributed by atoms with Gasteiger partial charge in [-0.15, -0.1) is 0 Å². The predicted octanol–water partition coefficient (Wildman–Crippen LogP) is 1.64. The third-order valence-electron chi connectivity index (χ3n) is 2.23. The van der Waals surface area contributed by atoms with Gasteiger partial charge < -0.3 is 10.2 Å². The number of likely N-dealkylation sites (N-methyl/N-ethyl adjacent to an activating group) is 1. The highest BCUT2D eigenvalue weighted by Crippen LogP contribution is 2.14. The van der Waals surface area contributed by atoms with Crippen molar-refractivity contribution in [2.75, 3.05) is 20.6 Å². The first-order valence-electron chi connectivity index (χ1n) is 5.16. The average Bonchev–Trinajstić information content (AvgIpc) is 2.08. The van der Waals surface area contributed by atoms with Crippen molar-refractivity contribution in [1.82, 2.24) is 10.2 Å². The van der Waals surface area contributed by atoms with E-state index in [2.05, 4.69) is 0 Å². The molecule has 0 fully saturated rings. The van der Waals surface area contributed by atoms with Gasteiger partial charge in [-0.2, -0.15) is 13.2 Å². The van der Waals surface area contributed by atoms with Gasteiger partial charge in [0, 0.05) is 12.6 Å². The van der Waals surface area contributed by atoms with Gasteiger partial charge >= 0.3 is 12.1 Å². The quantitative estimate of drug-likeness (QED) is 0.792. The van der Waals surface area contributed by atoms with Gasteiger partial charge in [0.25, 0.3) is 0 Å². The van der Waals surface area contributed by atoms with E-state index in [1.54, 1.807) is 14.1 Å². The Kier molecular flexibility index (Phi) is 5.78. The second kappa shape index (κ2) is 6.08. The zero-order valence-electron chi connectivity index (χ0n) is 10.1. The number of nitrogens with one attached hydrogen (secondary N) is 1. The molecule has 1 N–H and O–H groups in total. The number of alkyl halides is 3. The molecule has 0 rings (SSSR count). The minimum Gasteiger partial charge on any atom is -0.347 e. The van der Waals surface area contributed by atoms with Crippen LogP contribution in [-0.2, 0) is 4.79 Å². The summed E-state index contributed by atoms with van der Waals surface area (Å²) in [7, 11) is 3.57. The number of halogens is 3. The van der Waals surface area contributed by atoms with Crippen LogP contribution >= 0.6 is 0 Å². The topological polar surface area (TPSA) is 32.3 Å². The van der Waals surface area contributed by atoms with Crippen molar-refractivity contribution >= 4 is 5.91 Å². The van der Waals surface area contributed by atoms with E-state index in [0.717, 1.165) is 6.42 Å². The minimum atomic E-state index is -4.80. The van der Waals surface area contributed by atoms with Gasteiger partial charge in [0.1, 0.15) is 0 Å². The molecule has 0 aliphatic rings. The first-order chi connectivity index (χ1) is 7.14. The summed E-state index contributed by atoms with van der Waals surface area (Å²) in [6, 6.07) is -0.0775. The van der Waals surface area contributed by atoms with Crippen LogP contribution in [0.4, 0.5) is 13.2 Å². The third kappa shape index (κ3) is 5.95. The predicted molar refractivity (Wildman–Crippen MR) is 56.0 cm³/mol. The highest BCUT2D eigenvalue weighted by molar-refractivity contribution is 5.81. The molecular weight excluding hydrogens is 221 g/mol. The summed E-state index contributed by atoms with van der Waals surface area (Å²) in [6.07, 6.45) is -4.06. The van der Waals surface area contributed by atoms with Crippen molar-refractivity contribution < 1.29 is 18.0 Å². The van der Waals surface area contributed by atoms with Crippen LogP contribution in [0.2, 0.25) is 0 Å². The summed E-state index contributed by atoms with van der Waals surface area (Å²) in [5.41, 5.74) is 0. The van der Waals surface area contributed by atoms with Crippen LogP contribution in [0.25, 0.3) is 0 Å². The number of rotatable bonds is 5. The molecule has 0 heterocycles. The van der Waals surface area contributed by atoms with Crippen molar-refractivity contribution in [2.24, 2.45) is 5.92 Å². The molecule has 0 aromatic rings. The Morgan fingerprint density at radius 3 is 2.12 bits per heavy atom. The van der Waals surface area contributed by atoms with E-state index in [1.165, 1.54) is 0 Å². The molecule has 1 unspecified atom stereocenters. The molecule has 3 nitrogen and oxygen atoms in total. The third-order valence-corrected chi connectivity index (χ3v) is 2.23. The maximum Gasteiger partial charge on any atom is 0.471 e. The highest BCUT2D eigenvalue weighted by atomic mass is 19.4. The molecule has 1 atom stereocenters. The molecular formula is C10H19F3N2O. The monoisotopic (exact) mass is 240 g/mol. The van der Waals surface area contributed by atoms with Crippen molar-refractivity contribution in [2.45, 2.75) is 32.5 Å². The fraction of sp³-hybridized carbons (Fsp3) is 0.900. The van der Waals surface area contributed by atoms with Crippen molar-refractivity contribution in [3.8, 4) is 0 Å². The van der Waals surface area contributed by atoms with Crippen LogP contribution in [0.5, 0.6) is 0 Å². The molecule has 0 saturated heterocycles. The van der Waals surface area contributed by atoms with Gasteiger partial charge in [0.15, 0.2) is 0 Å². The zero-order chi connectivity index (χ0) is 12.9. The lowest BCUT2D eigenvalue weighted by atomic mass is 10.0. The second-order valence-corrected chi connectivity index (χ2v) is 4.45. The van der Waals surface area contributed by atoms with Crippen LogP contribution in [0.1, 0.15) is 20.3 Å². The summed E-state index contributed by atoms with van der Waals surface area (Å²) < 4.78 is 35.8. The number of amides is 1. The molecule has 16 heavy (non-hydrogen) atoms. The summed E-state index contributed by atoms with van der Waals surface area (Å²) in [5, 5.41) is 1.90. The second-order valence-electron chi connectivity index (χ2n) is 4.45. The highest BCUT2D eigenvalue weighted by Gasteiger charge is 2.38. The molecule has 0 aromatic heterocycles. The largest absolute Gasteiger partial charge is 0.471 e. The van der Waals surface area contributed by atoms with E-state index in [9.17, 15) is 18.0 Å². The lowest BCUT2D eigenvalue weighted by Gasteiger charge is -2.26. The van der Waals surface area contributed by atoms with Crippen molar-refractivity contribution in [3.63, 3.8) is 0 Å². The maximum atomic E-state index is 11.9. The van der Waals surface area contributed by atoms with Gasteiger partial charge in [-0.3, -0.25) is 4.79 Å². The summed E-state index contributed by atoms with van der Waals surface area (Å²) in [5.74, 6) is -1.50. The van der Waals surface area contributed by atoms with E-state index >= 15 is 0 Å². The molecule has 0 bridgehead atoms. The Morgan fingerprint density at radius 1 is 1.31 bits per heavy atom. The van der Waals surface area contributed by atoms with E-state index in [0.29, 0.717) is 5.92 Å². The Labute approximate surface area is 94.0 Å². The molecule has 0 aromatic carbocycles. The van der Waals surface area contributed by atoms with Crippen LogP contribution in [-0.4, -0.2) is 43.7 Å². The van der Waals surface area contributed by atoms with E-state index in [4.69, 9.17) is 0 Å². The lowest BCUT2D eigenvalue weighted by Crippen LogP contribution is -2.45. The number of carbonyl (C=O) groups excluding carboxylic acids is 1. The number of nitrogens with zero attached hydrogens (tertiary/aromatic N) is 1. The number of hydrogen-bond acceptors (Lipinski definition) is 2. The number of carbonyl (C=O) groups is 1. The van der Waals surface area contributed by atoms with Gasteiger partial charge in [0.2, 0.25) is 0 Å². The SMILES string of the molecule is CC(C)CC(CNC(=O)C(F)(F)F)N(C)C. The zero-order valence-corrected chi connectivity index (χ0v) is 10.1. The van der Waals surface area contributed by atoms with Crippen LogP contribution in [0.15, 0.2) is 0 Å². The normalized spacial score (nSPS) is 14.3. The molecule has 0 radical (unpaired) electrons. The molecule has 0 aliphatic carbocycles. The molecule has 0 spiro atoms. The number of hydrogen-bond donors (Lipinski definition) is 1. The molecule has 1 amide bonds. The fourth-order valence-corrected chi connectivity index (χ4v) is 1.33. The minimum absolute atomic E-state index is 0.0174. The molecule has 0 aliphatic heterocycles. The van der Waals surface area contributed by atoms with E-state index < -0.39 is 12.1 Å². The van der Waals surface area contributed by atoms with Crippen LogP contribution < -0.4 is 5.32 Å². The van der Waals surface area contributed by atoms with Crippen molar-refractivity contribution in [1.29, 1.82) is 0 Å². The van der Waals surface area contributed by atoms with Gasteiger partial charge in [-0.25, -0.2) is 0 Å². The Bertz CT molecular complexity index is 227. The standard InChI is InChI=1S/C10H19F3N2O/c1-7(2)5-8(15(3)4)6-14-9(16)10(11,12)13/h7-8H,5-6H2,1-4H3,(H,14,16). The Hall–Kier alpha value is -0.780. The summed E-state index contributed by atoms with van der Waals surface area (Å²) >= 11 is 0. The first kappa shape index (κ1) is 15.2. The smallest absolute Gasteiger partial charge is 0.347 e. The Morgan fingerprint density at radius 2 is 1.81 bits per heavy atom. The van der Waals surface area contributed by atoms with Gasteiger partial charge in [0.05, 0.1) is 0 Å². The van der Waals surface area contributed by atoms with E-state index in [-0.39, 0.29) is 12.6 Å². The van der Waals surface area contributed by atoms with Gasteiger partial charge in [-0.1, -0.05) is 13.8 Å². The molecule has 0 saturated carbocycles.